The van der Waals surface area contributed by atoms with Gasteiger partial charge >= 0.3 is 5.97 Å². The maximum absolute atomic E-state index is 11.5. The number of rotatable bonds is 5. The van der Waals surface area contributed by atoms with Crippen molar-refractivity contribution < 1.29 is 15.0 Å². The summed E-state index contributed by atoms with van der Waals surface area (Å²) in [7, 11) is 0. The molecule has 2 aromatic rings. The lowest BCUT2D eigenvalue weighted by Crippen LogP contribution is -2.15. The minimum atomic E-state index is -0.903. The van der Waals surface area contributed by atoms with Crippen LogP contribution in [0, 0.1) is 0 Å². The van der Waals surface area contributed by atoms with E-state index in [2.05, 4.69) is 4.68 Å². The molecular formula is C21H26N2O3. The highest BCUT2D eigenvalue weighted by Gasteiger charge is 2.22. The van der Waals surface area contributed by atoms with Gasteiger partial charge in [-0.05, 0) is 62.1 Å². The largest absolute Gasteiger partial charge is 0.508 e. The SMILES string of the molecule is CC/C(=C(/C)C(=O)O)c1cc(-c2ccc(O)cc2)n(C2CCCCC2)n1. The van der Waals surface area contributed by atoms with Gasteiger partial charge in [0.25, 0.3) is 0 Å². The molecule has 1 saturated carbocycles. The second kappa shape index (κ2) is 7.77. The van der Waals surface area contributed by atoms with E-state index in [1.807, 2.05) is 25.1 Å². The maximum Gasteiger partial charge on any atom is 0.331 e. The van der Waals surface area contributed by atoms with Crippen LogP contribution in [-0.2, 0) is 4.79 Å². The van der Waals surface area contributed by atoms with Crippen molar-refractivity contribution in [3.8, 4) is 17.0 Å². The molecule has 1 aliphatic rings. The lowest BCUT2D eigenvalue weighted by atomic mass is 9.95. The average Bonchev–Trinajstić information content (AvgIpc) is 3.08. The molecule has 5 heteroatoms. The summed E-state index contributed by atoms with van der Waals surface area (Å²) in [4.78, 5) is 11.5. The third-order valence-corrected chi connectivity index (χ3v) is 5.26. The second-order valence-corrected chi connectivity index (χ2v) is 6.96. The van der Waals surface area contributed by atoms with E-state index in [0.717, 1.165) is 35.4 Å². The van der Waals surface area contributed by atoms with Gasteiger partial charge in [0.05, 0.1) is 17.4 Å². The average molecular weight is 354 g/mol. The Morgan fingerprint density at radius 3 is 2.42 bits per heavy atom. The molecule has 138 valence electrons. The summed E-state index contributed by atoms with van der Waals surface area (Å²) < 4.78 is 2.08. The Kier molecular flexibility index (Phi) is 5.45. The predicted molar refractivity (Wildman–Crippen MR) is 102 cm³/mol. The first-order valence-electron chi connectivity index (χ1n) is 9.33. The quantitative estimate of drug-likeness (QED) is 0.739. The molecular weight excluding hydrogens is 328 g/mol. The van der Waals surface area contributed by atoms with Crippen LogP contribution in [0.3, 0.4) is 0 Å². The van der Waals surface area contributed by atoms with Crippen molar-refractivity contribution in [1.82, 2.24) is 9.78 Å². The number of phenolic OH excluding ortho intramolecular Hbond substituents is 1. The predicted octanol–water partition coefficient (Wildman–Crippen LogP) is 5.03. The van der Waals surface area contributed by atoms with Crippen LogP contribution < -0.4 is 0 Å². The van der Waals surface area contributed by atoms with Gasteiger partial charge in [0, 0.05) is 11.1 Å². The Balaban J connectivity index is 2.12. The fourth-order valence-electron chi connectivity index (χ4n) is 3.76. The molecule has 1 aromatic heterocycles. The van der Waals surface area contributed by atoms with Gasteiger partial charge in [0.2, 0.25) is 0 Å². The Labute approximate surface area is 154 Å². The lowest BCUT2D eigenvalue weighted by molar-refractivity contribution is -0.132. The van der Waals surface area contributed by atoms with Crippen LogP contribution in [0.25, 0.3) is 16.8 Å². The highest BCUT2D eigenvalue weighted by atomic mass is 16.4. The first-order valence-corrected chi connectivity index (χ1v) is 9.33. The lowest BCUT2D eigenvalue weighted by Gasteiger charge is -2.24. The van der Waals surface area contributed by atoms with Crippen LogP contribution in [0.15, 0.2) is 35.9 Å². The van der Waals surface area contributed by atoms with Gasteiger partial charge in [-0.3, -0.25) is 4.68 Å². The Hall–Kier alpha value is -2.56. The molecule has 0 radical (unpaired) electrons. The zero-order chi connectivity index (χ0) is 18.7. The molecule has 1 fully saturated rings. The van der Waals surface area contributed by atoms with E-state index in [-0.39, 0.29) is 5.75 Å². The highest BCUT2D eigenvalue weighted by molar-refractivity contribution is 5.95. The number of nitrogens with zero attached hydrogens (tertiary/aromatic N) is 2. The topological polar surface area (TPSA) is 75.3 Å². The van der Waals surface area contributed by atoms with Gasteiger partial charge in [-0.2, -0.15) is 5.10 Å². The molecule has 0 spiro atoms. The third-order valence-electron chi connectivity index (χ3n) is 5.26. The molecule has 0 amide bonds. The maximum atomic E-state index is 11.5. The first kappa shape index (κ1) is 18.2. The molecule has 1 aliphatic carbocycles. The number of aromatic hydroxyl groups is 1. The van der Waals surface area contributed by atoms with Crippen LogP contribution in [0.1, 0.15) is 64.1 Å². The molecule has 2 N–H and O–H groups in total. The molecule has 0 saturated heterocycles. The number of carboxylic acids is 1. The molecule has 0 atom stereocenters. The number of carboxylic acid groups (broad SMARTS) is 1. The third kappa shape index (κ3) is 3.66. The molecule has 5 nitrogen and oxygen atoms in total. The van der Waals surface area contributed by atoms with Crippen LogP contribution in [0.2, 0.25) is 0 Å². The van der Waals surface area contributed by atoms with Crippen LogP contribution in [-0.4, -0.2) is 26.0 Å². The number of hydrogen-bond acceptors (Lipinski definition) is 3. The van der Waals surface area contributed by atoms with Crippen LogP contribution >= 0.6 is 0 Å². The van der Waals surface area contributed by atoms with Gasteiger partial charge in [0.1, 0.15) is 5.75 Å². The van der Waals surface area contributed by atoms with Crippen molar-refractivity contribution in [3.05, 3.63) is 41.6 Å². The fourth-order valence-corrected chi connectivity index (χ4v) is 3.76. The molecule has 0 aliphatic heterocycles. The van der Waals surface area contributed by atoms with E-state index in [9.17, 15) is 15.0 Å². The number of hydrogen-bond donors (Lipinski definition) is 2. The number of aromatic nitrogens is 2. The van der Waals surface area contributed by atoms with E-state index in [0.29, 0.717) is 18.0 Å². The Bertz CT molecular complexity index is 812. The summed E-state index contributed by atoms with van der Waals surface area (Å²) in [5.74, 6) is -0.672. The van der Waals surface area contributed by atoms with Crippen molar-refractivity contribution in [2.45, 2.75) is 58.4 Å². The number of carbonyl (C=O) groups is 1. The first-order chi connectivity index (χ1) is 12.5. The minimum absolute atomic E-state index is 0.230. The number of allylic oxidation sites excluding steroid dienone is 1. The van der Waals surface area contributed by atoms with E-state index < -0.39 is 5.97 Å². The van der Waals surface area contributed by atoms with Crippen molar-refractivity contribution in [3.63, 3.8) is 0 Å². The monoisotopic (exact) mass is 354 g/mol. The smallest absolute Gasteiger partial charge is 0.331 e. The number of benzene rings is 1. The van der Waals surface area contributed by atoms with Crippen molar-refractivity contribution in [2.24, 2.45) is 0 Å². The molecule has 0 bridgehead atoms. The van der Waals surface area contributed by atoms with E-state index >= 15 is 0 Å². The second-order valence-electron chi connectivity index (χ2n) is 6.96. The van der Waals surface area contributed by atoms with Crippen LogP contribution in [0.4, 0.5) is 0 Å². The zero-order valence-electron chi connectivity index (χ0n) is 15.4. The molecule has 26 heavy (non-hydrogen) atoms. The normalized spacial score (nSPS) is 16.4. The summed E-state index contributed by atoms with van der Waals surface area (Å²) in [6, 6.07) is 9.44. The van der Waals surface area contributed by atoms with E-state index in [1.165, 1.54) is 19.3 Å². The number of aliphatic carboxylic acids is 1. The summed E-state index contributed by atoms with van der Waals surface area (Å²) >= 11 is 0. The highest BCUT2D eigenvalue weighted by Crippen LogP contribution is 2.35. The van der Waals surface area contributed by atoms with Crippen LogP contribution in [0.5, 0.6) is 5.75 Å². The Morgan fingerprint density at radius 1 is 1.19 bits per heavy atom. The summed E-state index contributed by atoms with van der Waals surface area (Å²) in [6.07, 6.45) is 6.45. The minimum Gasteiger partial charge on any atom is -0.508 e. The van der Waals surface area contributed by atoms with Gasteiger partial charge in [-0.25, -0.2) is 4.79 Å². The van der Waals surface area contributed by atoms with Crippen molar-refractivity contribution in [2.75, 3.05) is 0 Å². The van der Waals surface area contributed by atoms with Gasteiger partial charge in [-0.1, -0.05) is 26.2 Å². The molecule has 0 unspecified atom stereocenters. The summed E-state index contributed by atoms with van der Waals surface area (Å²) in [5.41, 5.74) is 3.82. The summed E-state index contributed by atoms with van der Waals surface area (Å²) in [5, 5.41) is 23.8. The van der Waals surface area contributed by atoms with Crippen molar-refractivity contribution in [1.29, 1.82) is 0 Å². The summed E-state index contributed by atoms with van der Waals surface area (Å²) in [6.45, 7) is 3.60. The van der Waals surface area contributed by atoms with Gasteiger partial charge < -0.3 is 10.2 Å². The van der Waals surface area contributed by atoms with Crippen molar-refractivity contribution >= 4 is 11.5 Å². The fraction of sp³-hybridized carbons (Fsp3) is 0.429. The van der Waals surface area contributed by atoms with Gasteiger partial charge in [-0.15, -0.1) is 0 Å². The Morgan fingerprint density at radius 2 is 1.85 bits per heavy atom. The number of phenols is 1. The zero-order valence-corrected chi connectivity index (χ0v) is 15.4. The van der Waals surface area contributed by atoms with E-state index in [4.69, 9.17) is 5.10 Å². The molecule has 3 rings (SSSR count). The van der Waals surface area contributed by atoms with Gasteiger partial charge in [0.15, 0.2) is 0 Å². The standard InChI is InChI=1S/C21H26N2O3/c1-3-18(14(2)21(25)26)19-13-20(15-9-11-17(24)12-10-15)23(22-19)16-7-5-4-6-8-16/h9-13,16,24H,3-8H2,1-2H3,(H,25,26)/b18-14+. The van der Waals surface area contributed by atoms with E-state index in [1.54, 1.807) is 19.1 Å². The molecule has 1 aromatic carbocycles. The molecule has 1 heterocycles.